The minimum atomic E-state index is 0.597. The minimum absolute atomic E-state index is 0.597. The summed E-state index contributed by atoms with van der Waals surface area (Å²) in [5.74, 6) is 1.31. The van der Waals surface area contributed by atoms with Gasteiger partial charge in [-0.1, -0.05) is 0 Å². The molecule has 11 heavy (non-hydrogen) atoms. The Bertz CT molecular complexity index is 216. The number of hydrogen-bond donors (Lipinski definition) is 1. The van der Waals surface area contributed by atoms with Crippen molar-refractivity contribution in [2.45, 2.75) is 5.75 Å². The molecule has 1 aromatic heterocycles. The number of hydrogen-bond acceptors (Lipinski definition) is 4. The van der Waals surface area contributed by atoms with Gasteiger partial charge in [0.1, 0.15) is 5.82 Å². The molecule has 5 heteroatoms. The van der Waals surface area contributed by atoms with Gasteiger partial charge in [-0.05, 0) is 18.0 Å². The zero-order chi connectivity index (χ0) is 7.94. The summed E-state index contributed by atoms with van der Waals surface area (Å²) >= 11 is 1.26. The normalized spacial score (nSPS) is 9.09. The van der Waals surface area contributed by atoms with Gasteiger partial charge in [0.05, 0.1) is 5.75 Å². The van der Waals surface area contributed by atoms with Crippen molar-refractivity contribution in [3.8, 4) is 0 Å². The number of carbonyl (C=O) groups excluding carboxylic acids is 1. The summed E-state index contributed by atoms with van der Waals surface area (Å²) in [6, 6.07) is 1.75. The van der Waals surface area contributed by atoms with Crippen molar-refractivity contribution in [2.24, 2.45) is 0 Å². The molecule has 0 aliphatic rings. The predicted molar refractivity (Wildman–Crippen MR) is 42.5 cm³/mol. The smallest absolute Gasteiger partial charge is 0.216 e. The van der Waals surface area contributed by atoms with Gasteiger partial charge in [0.25, 0.3) is 0 Å². The van der Waals surface area contributed by atoms with Crippen LogP contribution in [-0.4, -0.2) is 16.4 Å². The molecule has 0 saturated carbocycles. The van der Waals surface area contributed by atoms with Gasteiger partial charge in [0.2, 0.25) is 6.41 Å². The molecule has 0 saturated heterocycles. The van der Waals surface area contributed by atoms with Crippen LogP contribution in [-0.2, 0) is 10.5 Å². The first kappa shape index (κ1) is 8.00. The Morgan fingerprint density at radius 2 is 2.27 bits per heavy atom. The van der Waals surface area contributed by atoms with E-state index in [-0.39, 0.29) is 0 Å². The van der Waals surface area contributed by atoms with Crippen molar-refractivity contribution in [3.63, 3.8) is 0 Å². The zero-order valence-electron chi connectivity index (χ0n) is 5.73. The Morgan fingerprint density at radius 1 is 1.55 bits per heavy atom. The molecule has 1 amide bonds. The molecule has 0 aliphatic carbocycles. The lowest BCUT2D eigenvalue weighted by Gasteiger charge is -1.95. The molecule has 0 unspecified atom stereocenters. The van der Waals surface area contributed by atoms with Crippen LogP contribution < -0.4 is 4.72 Å². The molecule has 4 nitrogen and oxygen atoms in total. The summed E-state index contributed by atoms with van der Waals surface area (Å²) in [7, 11) is 0. The number of amides is 1. The largest absolute Gasteiger partial charge is 0.302 e. The summed E-state index contributed by atoms with van der Waals surface area (Å²) in [6.07, 6.45) is 3.97. The summed E-state index contributed by atoms with van der Waals surface area (Å²) in [6.45, 7) is 0. The van der Waals surface area contributed by atoms with E-state index < -0.39 is 0 Å². The molecule has 1 N–H and O–H groups in total. The van der Waals surface area contributed by atoms with Crippen LogP contribution in [0, 0.1) is 0 Å². The highest BCUT2D eigenvalue weighted by Gasteiger charge is 1.92. The minimum Gasteiger partial charge on any atom is -0.302 e. The summed E-state index contributed by atoms with van der Waals surface area (Å²) in [4.78, 5) is 17.7. The second-order valence-electron chi connectivity index (χ2n) is 1.69. The van der Waals surface area contributed by atoms with Crippen LogP contribution >= 0.6 is 11.9 Å². The highest BCUT2D eigenvalue weighted by atomic mass is 32.2. The van der Waals surface area contributed by atoms with E-state index in [2.05, 4.69) is 14.7 Å². The van der Waals surface area contributed by atoms with Crippen molar-refractivity contribution in [1.82, 2.24) is 14.7 Å². The maximum absolute atomic E-state index is 9.82. The van der Waals surface area contributed by atoms with E-state index >= 15 is 0 Å². The third-order valence-corrected chi connectivity index (χ3v) is 1.62. The molecule has 0 radical (unpaired) electrons. The lowest BCUT2D eigenvalue weighted by Crippen LogP contribution is -2.00. The van der Waals surface area contributed by atoms with Crippen LogP contribution in [0.4, 0.5) is 0 Å². The van der Waals surface area contributed by atoms with Crippen molar-refractivity contribution in [1.29, 1.82) is 0 Å². The Balaban J connectivity index is 2.33. The van der Waals surface area contributed by atoms with E-state index in [1.165, 1.54) is 11.9 Å². The topological polar surface area (TPSA) is 54.9 Å². The SMILES string of the molecule is O=CNSCc1ncccn1. The molecule has 0 atom stereocenters. The molecule has 0 spiro atoms. The molecular weight excluding hydrogens is 162 g/mol. The van der Waals surface area contributed by atoms with Crippen molar-refractivity contribution >= 4 is 18.4 Å². The summed E-state index contributed by atoms with van der Waals surface area (Å²) < 4.78 is 2.45. The van der Waals surface area contributed by atoms with E-state index in [1.807, 2.05) is 0 Å². The molecule has 0 bridgehead atoms. The molecule has 0 fully saturated rings. The van der Waals surface area contributed by atoms with Crippen LogP contribution in [0.15, 0.2) is 18.5 Å². The first-order valence-corrected chi connectivity index (χ1v) is 3.99. The molecule has 0 aliphatic heterocycles. The maximum Gasteiger partial charge on any atom is 0.216 e. The number of aromatic nitrogens is 2. The maximum atomic E-state index is 9.82. The number of rotatable bonds is 4. The second kappa shape index (κ2) is 4.68. The molecule has 1 heterocycles. The Morgan fingerprint density at radius 3 is 2.91 bits per heavy atom. The first-order chi connectivity index (χ1) is 5.43. The zero-order valence-corrected chi connectivity index (χ0v) is 6.54. The van der Waals surface area contributed by atoms with E-state index in [9.17, 15) is 4.79 Å². The third kappa shape index (κ3) is 2.99. The Hall–Kier alpha value is -1.10. The molecular formula is C6H7N3OS. The van der Waals surface area contributed by atoms with Crippen LogP contribution in [0.1, 0.15) is 5.82 Å². The van der Waals surface area contributed by atoms with Gasteiger partial charge in [-0.2, -0.15) is 0 Å². The Labute approximate surface area is 68.6 Å². The van der Waals surface area contributed by atoms with Gasteiger partial charge >= 0.3 is 0 Å². The van der Waals surface area contributed by atoms with Crippen molar-refractivity contribution < 1.29 is 4.79 Å². The average molecular weight is 169 g/mol. The van der Waals surface area contributed by atoms with E-state index in [0.29, 0.717) is 18.0 Å². The molecule has 1 aromatic rings. The second-order valence-corrected chi connectivity index (χ2v) is 2.50. The monoisotopic (exact) mass is 169 g/mol. The van der Waals surface area contributed by atoms with Crippen molar-refractivity contribution in [2.75, 3.05) is 0 Å². The van der Waals surface area contributed by atoms with Crippen LogP contribution in [0.25, 0.3) is 0 Å². The summed E-state index contributed by atoms with van der Waals surface area (Å²) in [5, 5.41) is 0. The fourth-order valence-corrected chi connectivity index (χ4v) is 0.974. The van der Waals surface area contributed by atoms with Gasteiger partial charge < -0.3 is 4.72 Å². The third-order valence-electron chi connectivity index (χ3n) is 0.952. The van der Waals surface area contributed by atoms with Crippen LogP contribution in [0.2, 0.25) is 0 Å². The number of carbonyl (C=O) groups is 1. The fourth-order valence-electron chi connectivity index (χ4n) is 0.545. The lowest BCUT2D eigenvalue weighted by molar-refractivity contribution is -0.107. The van der Waals surface area contributed by atoms with Gasteiger partial charge in [-0.15, -0.1) is 0 Å². The van der Waals surface area contributed by atoms with E-state index in [0.717, 1.165) is 0 Å². The van der Waals surface area contributed by atoms with E-state index in [1.54, 1.807) is 18.5 Å². The number of nitrogens with zero attached hydrogens (tertiary/aromatic N) is 2. The lowest BCUT2D eigenvalue weighted by atomic mass is 10.6. The Kier molecular flexibility index (Phi) is 3.40. The molecule has 58 valence electrons. The summed E-state index contributed by atoms with van der Waals surface area (Å²) in [5.41, 5.74) is 0. The first-order valence-electron chi connectivity index (χ1n) is 3.00. The molecule has 1 rings (SSSR count). The predicted octanol–water partition coefficient (Wildman–Crippen LogP) is 0.371. The van der Waals surface area contributed by atoms with Gasteiger partial charge in [0, 0.05) is 12.4 Å². The average Bonchev–Trinajstić information content (AvgIpc) is 2.07. The molecule has 0 aromatic carbocycles. The fraction of sp³-hybridized carbons (Fsp3) is 0.167. The van der Waals surface area contributed by atoms with Gasteiger partial charge in [-0.3, -0.25) is 4.79 Å². The number of nitrogens with one attached hydrogen (secondary N) is 1. The van der Waals surface area contributed by atoms with Crippen LogP contribution in [0.3, 0.4) is 0 Å². The highest BCUT2D eigenvalue weighted by Crippen LogP contribution is 2.00. The standard InChI is InChI=1S/C6H7N3OS/c10-5-9-11-4-6-7-2-1-3-8-6/h1-3,5H,4H2,(H,9,10). The van der Waals surface area contributed by atoms with Gasteiger partial charge in [0.15, 0.2) is 0 Å². The van der Waals surface area contributed by atoms with Crippen LogP contribution in [0.5, 0.6) is 0 Å². The van der Waals surface area contributed by atoms with Crippen molar-refractivity contribution in [3.05, 3.63) is 24.3 Å². The van der Waals surface area contributed by atoms with Gasteiger partial charge in [-0.25, -0.2) is 9.97 Å². The highest BCUT2D eigenvalue weighted by molar-refractivity contribution is 7.97. The van der Waals surface area contributed by atoms with E-state index in [4.69, 9.17) is 0 Å². The quantitative estimate of drug-likeness (QED) is 0.402.